The first-order chi connectivity index (χ1) is 12.3. The van der Waals surface area contributed by atoms with Crippen molar-refractivity contribution in [2.24, 2.45) is 5.92 Å². The van der Waals surface area contributed by atoms with E-state index in [-0.39, 0.29) is 5.41 Å². The molecule has 0 heterocycles. The van der Waals surface area contributed by atoms with E-state index in [1.807, 2.05) is 0 Å². The van der Waals surface area contributed by atoms with Gasteiger partial charge in [-0.05, 0) is 48.1 Å². The summed E-state index contributed by atoms with van der Waals surface area (Å²) in [6.45, 7) is 4.19. The first-order valence-electron chi connectivity index (χ1n) is 9.17. The summed E-state index contributed by atoms with van der Waals surface area (Å²) in [6, 6.07) is 30.6. The van der Waals surface area contributed by atoms with Gasteiger partial charge in [-0.25, -0.2) is 0 Å². The fraction of sp³-hybridized carbons (Fsp3) is 0.250. The maximum Gasteiger partial charge on any atom is 0.0247 e. The van der Waals surface area contributed by atoms with Crippen LogP contribution in [0.4, 0.5) is 0 Å². The Morgan fingerprint density at radius 1 is 0.800 bits per heavy atom. The molecule has 0 saturated heterocycles. The van der Waals surface area contributed by atoms with Gasteiger partial charge in [0.15, 0.2) is 0 Å². The monoisotopic (exact) mass is 327 g/mol. The Bertz CT molecular complexity index is 783. The third-order valence-corrected chi connectivity index (χ3v) is 5.65. The number of benzene rings is 3. The van der Waals surface area contributed by atoms with Gasteiger partial charge in [0.2, 0.25) is 0 Å². The third kappa shape index (κ3) is 3.12. The van der Waals surface area contributed by atoms with Crippen molar-refractivity contribution in [2.75, 3.05) is 6.54 Å². The molecule has 25 heavy (non-hydrogen) atoms. The molecule has 3 aromatic rings. The largest absolute Gasteiger partial charge is 0.312 e. The molecule has 0 aromatic heterocycles. The molecule has 3 aromatic carbocycles. The summed E-state index contributed by atoms with van der Waals surface area (Å²) in [5, 5.41) is 3.70. The topological polar surface area (TPSA) is 12.0 Å². The van der Waals surface area contributed by atoms with Crippen LogP contribution in [0.15, 0.2) is 84.9 Å². The van der Waals surface area contributed by atoms with Crippen molar-refractivity contribution >= 4 is 0 Å². The summed E-state index contributed by atoms with van der Waals surface area (Å²) in [5.74, 6) is 0.654. The minimum atomic E-state index is 0.182. The van der Waals surface area contributed by atoms with Crippen LogP contribution in [0.25, 0.3) is 0 Å². The number of rotatable bonds is 6. The number of aryl methyl sites for hydroxylation is 1. The maximum atomic E-state index is 3.70. The Kier molecular flexibility index (Phi) is 4.42. The zero-order valence-electron chi connectivity index (χ0n) is 14.8. The smallest absolute Gasteiger partial charge is 0.0247 e. The molecule has 0 radical (unpaired) electrons. The van der Waals surface area contributed by atoms with Crippen LogP contribution in [0.1, 0.15) is 28.7 Å². The van der Waals surface area contributed by atoms with Crippen LogP contribution in [0.2, 0.25) is 0 Å². The molecule has 1 saturated carbocycles. The van der Waals surface area contributed by atoms with Gasteiger partial charge >= 0.3 is 0 Å². The lowest BCUT2D eigenvalue weighted by molar-refractivity contribution is 0.592. The van der Waals surface area contributed by atoms with Crippen LogP contribution in [0.5, 0.6) is 0 Å². The zero-order valence-corrected chi connectivity index (χ0v) is 14.8. The molecule has 1 heteroatoms. The second-order valence-electron chi connectivity index (χ2n) is 7.16. The van der Waals surface area contributed by atoms with Crippen LogP contribution in [-0.2, 0) is 12.0 Å². The molecule has 0 aliphatic heterocycles. The van der Waals surface area contributed by atoms with Gasteiger partial charge in [-0.1, -0.05) is 84.9 Å². The molecule has 4 rings (SSSR count). The van der Waals surface area contributed by atoms with Crippen molar-refractivity contribution in [2.45, 2.75) is 25.3 Å². The second-order valence-corrected chi connectivity index (χ2v) is 7.16. The quantitative estimate of drug-likeness (QED) is 0.665. The van der Waals surface area contributed by atoms with Gasteiger partial charge < -0.3 is 5.32 Å². The predicted octanol–water partition coefficient (Wildman–Crippen LogP) is 5.09. The molecule has 126 valence electrons. The lowest BCUT2D eigenvalue weighted by Gasteiger charge is -2.19. The van der Waals surface area contributed by atoms with Gasteiger partial charge in [0.1, 0.15) is 0 Å². The molecule has 1 aliphatic carbocycles. The van der Waals surface area contributed by atoms with E-state index in [0.29, 0.717) is 5.92 Å². The number of nitrogens with one attached hydrogen (secondary N) is 1. The average molecular weight is 327 g/mol. The molecule has 0 bridgehead atoms. The van der Waals surface area contributed by atoms with Crippen molar-refractivity contribution in [3.8, 4) is 0 Å². The number of hydrogen-bond donors (Lipinski definition) is 1. The second kappa shape index (κ2) is 6.85. The van der Waals surface area contributed by atoms with Crippen LogP contribution < -0.4 is 5.32 Å². The number of hydrogen-bond acceptors (Lipinski definition) is 1. The standard InChI is InChI=1S/C24H25N/c1-19-10-8-9-11-20(19)17-25-18-23-16-24(23,21-12-4-2-5-13-21)22-14-6-3-7-15-22/h2-15,23,25H,16-18H2,1H3. The molecule has 0 amide bonds. The van der Waals surface area contributed by atoms with E-state index in [9.17, 15) is 0 Å². The van der Waals surface area contributed by atoms with Crippen LogP contribution >= 0.6 is 0 Å². The van der Waals surface area contributed by atoms with Crippen molar-refractivity contribution in [1.82, 2.24) is 5.32 Å². The van der Waals surface area contributed by atoms with E-state index >= 15 is 0 Å². The third-order valence-electron chi connectivity index (χ3n) is 5.65. The summed E-state index contributed by atoms with van der Waals surface area (Å²) >= 11 is 0. The lowest BCUT2D eigenvalue weighted by atomic mass is 9.86. The normalized spacial score (nSPS) is 18.0. The van der Waals surface area contributed by atoms with E-state index in [2.05, 4.69) is 97.2 Å². The Morgan fingerprint density at radius 2 is 1.36 bits per heavy atom. The highest BCUT2D eigenvalue weighted by atomic mass is 14.9. The average Bonchev–Trinajstić information content (AvgIpc) is 3.40. The molecule has 0 spiro atoms. The predicted molar refractivity (Wildman–Crippen MR) is 105 cm³/mol. The van der Waals surface area contributed by atoms with Crippen LogP contribution in [0, 0.1) is 12.8 Å². The fourth-order valence-electron chi connectivity index (χ4n) is 4.11. The van der Waals surface area contributed by atoms with E-state index < -0.39 is 0 Å². The Hall–Kier alpha value is -2.38. The van der Waals surface area contributed by atoms with Gasteiger partial charge in [0.05, 0.1) is 0 Å². The molecular formula is C24H25N. The molecule has 1 N–H and O–H groups in total. The van der Waals surface area contributed by atoms with Gasteiger partial charge in [-0.2, -0.15) is 0 Å². The minimum Gasteiger partial charge on any atom is -0.312 e. The molecule has 1 fully saturated rings. The van der Waals surface area contributed by atoms with Crippen molar-refractivity contribution < 1.29 is 0 Å². The van der Waals surface area contributed by atoms with Crippen molar-refractivity contribution in [3.63, 3.8) is 0 Å². The molecule has 1 nitrogen and oxygen atoms in total. The van der Waals surface area contributed by atoms with E-state index in [1.54, 1.807) is 0 Å². The van der Waals surface area contributed by atoms with E-state index in [4.69, 9.17) is 0 Å². The molecular weight excluding hydrogens is 302 g/mol. The highest BCUT2D eigenvalue weighted by molar-refractivity contribution is 5.47. The minimum absolute atomic E-state index is 0.182. The highest BCUT2D eigenvalue weighted by Crippen LogP contribution is 2.58. The summed E-state index contributed by atoms with van der Waals surface area (Å²) in [5.41, 5.74) is 5.84. The van der Waals surface area contributed by atoms with Gasteiger partial charge in [-0.15, -0.1) is 0 Å². The van der Waals surface area contributed by atoms with E-state index in [1.165, 1.54) is 28.7 Å². The van der Waals surface area contributed by atoms with Crippen molar-refractivity contribution in [1.29, 1.82) is 0 Å². The van der Waals surface area contributed by atoms with E-state index in [0.717, 1.165) is 13.1 Å². The van der Waals surface area contributed by atoms with Crippen molar-refractivity contribution in [3.05, 3.63) is 107 Å². The lowest BCUT2D eigenvalue weighted by Crippen LogP contribution is -2.22. The van der Waals surface area contributed by atoms with Gasteiger partial charge in [0, 0.05) is 12.0 Å². The summed E-state index contributed by atoms with van der Waals surface area (Å²) in [6.07, 6.45) is 1.22. The summed E-state index contributed by atoms with van der Waals surface area (Å²) < 4.78 is 0. The maximum absolute atomic E-state index is 3.70. The van der Waals surface area contributed by atoms with Gasteiger partial charge in [0.25, 0.3) is 0 Å². The van der Waals surface area contributed by atoms with Crippen LogP contribution in [0.3, 0.4) is 0 Å². The zero-order chi connectivity index (χ0) is 17.1. The SMILES string of the molecule is Cc1ccccc1CNCC1CC1(c1ccccc1)c1ccccc1. The first kappa shape index (κ1) is 16.1. The molecule has 1 atom stereocenters. The Labute approximate surface area is 150 Å². The summed E-state index contributed by atoms with van der Waals surface area (Å²) in [4.78, 5) is 0. The summed E-state index contributed by atoms with van der Waals surface area (Å²) in [7, 11) is 0. The Balaban J connectivity index is 1.50. The van der Waals surface area contributed by atoms with Gasteiger partial charge in [-0.3, -0.25) is 0 Å². The first-order valence-corrected chi connectivity index (χ1v) is 9.17. The fourth-order valence-corrected chi connectivity index (χ4v) is 4.11. The van der Waals surface area contributed by atoms with Crippen LogP contribution in [-0.4, -0.2) is 6.54 Å². The highest BCUT2D eigenvalue weighted by Gasteiger charge is 2.55. The molecule has 1 unspecified atom stereocenters. The Morgan fingerprint density at radius 3 is 1.96 bits per heavy atom. The molecule has 1 aliphatic rings.